The average Bonchev–Trinajstić information content (AvgIpc) is 3.17. The Hall–Kier alpha value is -3.23. The SMILES string of the molecule is COc1cc2nc(-c3ccc(C)c(NS(=O)(=O)c4ccc(Cl)cc4)c3)[nH]c2cc1OC. The number of nitrogens with one attached hydrogen (secondary N) is 2. The van der Waals surface area contributed by atoms with E-state index in [1.54, 1.807) is 26.4 Å². The summed E-state index contributed by atoms with van der Waals surface area (Å²) in [4.78, 5) is 8.00. The van der Waals surface area contributed by atoms with Gasteiger partial charge >= 0.3 is 0 Å². The zero-order valence-electron chi connectivity index (χ0n) is 17.1. The topological polar surface area (TPSA) is 93.3 Å². The van der Waals surface area contributed by atoms with Crippen LogP contribution in [0.2, 0.25) is 5.02 Å². The van der Waals surface area contributed by atoms with Gasteiger partial charge in [-0.15, -0.1) is 0 Å². The molecule has 0 saturated heterocycles. The highest BCUT2D eigenvalue weighted by molar-refractivity contribution is 7.92. The molecule has 0 aliphatic carbocycles. The highest BCUT2D eigenvalue weighted by Crippen LogP contribution is 2.33. The molecule has 3 aromatic carbocycles. The highest BCUT2D eigenvalue weighted by atomic mass is 35.5. The molecule has 1 aromatic heterocycles. The summed E-state index contributed by atoms with van der Waals surface area (Å²) in [5.41, 5.74) is 3.45. The number of aromatic amines is 1. The number of anilines is 1. The van der Waals surface area contributed by atoms with Crippen LogP contribution in [0.5, 0.6) is 11.5 Å². The van der Waals surface area contributed by atoms with Crippen LogP contribution < -0.4 is 14.2 Å². The first-order valence-corrected chi connectivity index (χ1v) is 11.2. The number of sulfonamides is 1. The average molecular weight is 458 g/mol. The second-order valence-electron chi connectivity index (χ2n) is 6.90. The van der Waals surface area contributed by atoms with E-state index in [0.717, 1.165) is 16.6 Å². The Kier molecular flexibility index (Phi) is 5.51. The summed E-state index contributed by atoms with van der Waals surface area (Å²) in [6.07, 6.45) is 0. The van der Waals surface area contributed by atoms with E-state index in [9.17, 15) is 8.42 Å². The summed E-state index contributed by atoms with van der Waals surface area (Å²) >= 11 is 5.87. The van der Waals surface area contributed by atoms with Crippen LogP contribution in [0.3, 0.4) is 0 Å². The molecule has 0 spiro atoms. The lowest BCUT2D eigenvalue weighted by molar-refractivity contribution is 0.356. The van der Waals surface area contributed by atoms with Gasteiger partial charge in [0.25, 0.3) is 10.0 Å². The maximum atomic E-state index is 12.8. The summed E-state index contributed by atoms with van der Waals surface area (Å²) in [5.74, 6) is 1.76. The van der Waals surface area contributed by atoms with Crippen molar-refractivity contribution < 1.29 is 17.9 Å². The van der Waals surface area contributed by atoms with Gasteiger partial charge in [-0.3, -0.25) is 4.72 Å². The van der Waals surface area contributed by atoms with Crippen LogP contribution in [-0.4, -0.2) is 32.6 Å². The van der Waals surface area contributed by atoms with Crippen LogP contribution in [0.15, 0.2) is 59.5 Å². The predicted octanol–water partition coefficient (Wildman–Crippen LogP) is 5.01. The fourth-order valence-corrected chi connectivity index (χ4v) is 4.42. The molecule has 0 amide bonds. The zero-order chi connectivity index (χ0) is 22.2. The van der Waals surface area contributed by atoms with Crippen molar-refractivity contribution >= 4 is 38.3 Å². The Balaban J connectivity index is 1.71. The molecule has 0 bridgehead atoms. The molecule has 0 fully saturated rings. The van der Waals surface area contributed by atoms with E-state index in [2.05, 4.69) is 14.7 Å². The molecule has 0 saturated carbocycles. The molecule has 0 radical (unpaired) electrons. The minimum atomic E-state index is -3.77. The lowest BCUT2D eigenvalue weighted by atomic mass is 10.1. The van der Waals surface area contributed by atoms with Crippen LogP contribution in [0.4, 0.5) is 5.69 Å². The Labute approximate surface area is 185 Å². The third kappa shape index (κ3) is 4.17. The van der Waals surface area contributed by atoms with Gasteiger partial charge in [0, 0.05) is 22.7 Å². The molecule has 0 aliphatic heterocycles. The van der Waals surface area contributed by atoms with Gasteiger partial charge in [0.15, 0.2) is 11.5 Å². The second-order valence-corrected chi connectivity index (χ2v) is 9.02. The number of benzene rings is 3. The number of halogens is 1. The summed E-state index contributed by atoms with van der Waals surface area (Å²) < 4.78 is 38.9. The first-order valence-electron chi connectivity index (χ1n) is 9.32. The Bertz CT molecular complexity index is 1320. The number of hydrogen-bond acceptors (Lipinski definition) is 5. The second kappa shape index (κ2) is 8.13. The molecule has 0 unspecified atom stereocenters. The fraction of sp³-hybridized carbons (Fsp3) is 0.136. The third-order valence-corrected chi connectivity index (χ3v) is 6.50. The van der Waals surface area contributed by atoms with Crippen LogP contribution in [0, 0.1) is 6.92 Å². The van der Waals surface area contributed by atoms with Crippen molar-refractivity contribution in [2.45, 2.75) is 11.8 Å². The van der Waals surface area contributed by atoms with Crippen LogP contribution >= 0.6 is 11.6 Å². The largest absolute Gasteiger partial charge is 0.493 e. The summed E-state index contributed by atoms with van der Waals surface area (Å²) in [7, 11) is -0.631. The van der Waals surface area contributed by atoms with Crippen molar-refractivity contribution in [2.75, 3.05) is 18.9 Å². The molecule has 0 aliphatic rings. The van der Waals surface area contributed by atoms with Gasteiger partial charge in [0.05, 0.1) is 35.8 Å². The van der Waals surface area contributed by atoms with Gasteiger partial charge in [-0.1, -0.05) is 23.7 Å². The number of rotatable bonds is 6. The predicted molar refractivity (Wildman–Crippen MR) is 122 cm³/mol. The van der Waals surface area contributed by atoms with Gasteiger partial charge in [0.2, 0.25) is 0 Å². The van der Waals surface area contributed by atoms with E-state index < -0.39 is 10.0 Å². The first-order chi connectivity index (χ1) is 14.8. The molecule has 9 heteroatoms. The van der Waals surface area contributed by atoms with E-state index in [1.807, 2.05) is 25.1 Å². The van der Waals surface area contributed by atoms with Crippen molar-refractivity contribution in [3.05, 3.63) is 65.2 Å². The summed E-state index contributed by atoms with van der Waals surface area (Å²) in [5, 5.41) is 0.468. The molecule has 2 N–H and O–H groups in total. The van der Waals surface area contributed by atoms with E-state index in [1.165, 1.54) is 24.3 Å². The molecule has 4 aromatic rings. The molecule has 160 valence electrons. The smallest absolute Gasteiger partial charge is 0.261 e. The maximum absolute atomic E-state index is 12.8. The van der Waals surface area contributed by atoms with Crippen LogP contribution in [0.1, 0.15) is 5.56 Å². The van der Waals surface area contributed by atoms with Crippen LogP contribution in [0.25, 0.3) is 22.4 Å². The Morgan fingerprint density at radius 2 is 1.65 bits per heavy atom. The minimum absolute atomic E-state index is 0.129. The number of ether oxygens (including phenoxy) is 2. The van der Waals surface area contributed by atoms with Gasteiger partial charge in [0.1, 0.15) is 5.82 Å². The van der Waals surface area contributed by atoms with Gasteiger partial charge < -0.3 is 14.5 Å². The molecule has 1 heterocycles. The fourth-order valence-electron chi connectivity index (χ4n) is 3.17. The number of aromatic nitrogens is 2. The molecular weight excluding hydrogens is 438 g/mol. The molecule has 4 rings (SSSR count). The monoisotopic (exact) mass is 457 g/mol. The number of H-pyrrole nitrogens is 1. The minimum Gasteiger partial charge on any atom is -0.493 e. The van der Waals surface area contributed by atoms with Gasteiger partial charge in [-0.05, 0) is 42.8 Å². The van der Waals surface area contributed by atoms with Crippen LogP contribution in [-0.2, 0) is 10.0 Å². The van der Waals surface area contributed by atoms with E-state index in [4.69, 9.17) is 21.1 Å². The first kappa shape index (κ1) is 21.0. The quantitative estimate of drug-likeness (QED) is 0.424. The van der Waals surface area contributed by atoms with Crippen molar-refractivity contribution in [2.24, 2.45) is 0 Å². The lowest BCUT2D eigenvalue weighted by Crippen LogP contribution is -2.13. The van der Waals surface area contributed by atoms with E-state index in [0.29, 0.717) is 33.6 Å². The van der Waals surface area contributed by atoms with E-state index >= 15 is 0 Å². The number of methoxy groups -OCH3 is 2. The Morgan fingerprint density at radius 3 is 2.32 bits per heavy atom. The molecule has 7 nitrogen and oxygen atoms in total. The number of aryl methyl sites for hydroxylation is 1. The summed E-state index contributed by atoms with van der Waals surface area (Å²) in [6, 6.07) is 15.1. The van der Waals surface area contributed by atoms with E-state index in [-0.39, 0.29) is 4.90 Å². The summed E-state index contributed by atoms with van der Waals surface area (Å²) in [6.45, 7) is 1.83. The Morgan fingerprint density at radius 1 is 0.968 bits per heavy atom. The standard InChI is InChI=1S/C22H20ClN3O4S/c1-13-4-5-14(10-17(13)26-31(27,28)16-8-6-15(23)7-9-16)22-24-18-11-20(29-2)21(30-3)12-19(18)25-22/h4-12,26H,1-3H3,(H,24,25). The number of imidazole rings is 1. The maximum Gasteiger partial charge on any atom is 0.261 e. The van der Waals surface area contributed by atoms with Crippen molar-refractivity contribution in [3.63, 3.8) is 0 Å². The normalized spacial score (nSPS) is 11.5. The molecular formula is C22H20ClN3O4S. The highest BCUT2D eigenvalue weighted by Gasteiger charge is 2.17. The third-order valence-electron chi connectivity index (χ3n) is 4.87. The van der Waals surface area contributed by atoms with Crippen molar-refractivity contribution in [1.82, 2.24) is 9.97 Å². The van der Waals surface area contributed by atoms with Gasteiger partial charge in [-0.2, -0.15) is 0 Å². The van der Waals surface area contributed by atoms with Crippen molar-refractivity contribution in [1.29, 1.82) is 0 Å². The number of hydrogen-bond donors (Lipinski definition) is 2. The number of fused-ring (bicyclic) bond motifs is 1. The lowest BCUT2D eigenvalue weighted by Gasteiger charge is -2.12. The van der Waals surface area contributed by atoms with Gasteiger partial charge in [-0.25, -0.2) is 13.4 Å². The number of nitrogens with zero attached hydrogens (tertiary/aromatic N) is 1. The van der Waals surface area contributed by atoms with Crippen molar-refractivity contribution in [3.8, 4) is 22.9 Å². The molecule has 31 heavy (non-hydrogen) atoms. The zero-order valence-corrected chi connectivity index (χ0v) is 18.6. The molecule has 0 atom stereocenters.